The van der Waals surface area contributed by atoms with Gasteiger partial charge in [0.15, 0.2) is 0 Å². The fourth-order valence-corrected chi connectivity index (χ4v) is 2.43. The van der Waals surface area contributed by atoms with E-state index < -0.39 is 17.9 Å². The molecule has 0 aliphatic carbocycles. The Bertz CT molecular complexity index is 96.6. The van der Waals surface area contributed by atoms with E-state index in [-0.39, 0.29) is 10.3 Å². The Morgan fingerprint density at radius 3 is 2.56 bits per heavy atom. The fourth-order valence-electron chi connectivity index (χ4n) is 0.304. The van der Waals surface area contributed by atoms with Crippen molar-refractivity contribution in [2.45, 2.75) is 11.3 Å². The van der Waals surface area contributed by atoms with Gasteiger partial charge >= 0.3 is 69.0 Å². The summed E-state index contributed by atoms with van der Waals surface area (Å²) in [4.78, 5) is 10.5. The maximum atomic E-state index is 10.5. The van der Waals surface area contributed by atoms with E-state index in [0.717, 1.165) is 0 Å². The van der Waals surface area contributed by atoms with Crippen LogP contribution in [0.1, 0.15) is 6.92 Å². The second-order valence-electron chi connectivity index (χ2n) is 1.27. The molecule has 0 rings (SSSR count). The SMILES string of the molecule is CCOC(=O)[CH2][Sb]([Cl])[Cl]. The molecule has 5 heteroatoms. The van der Waals surface area contributed by atoms with Crippen molar-refractivity contribution < 1.29 is 9.53 Å². The van der Waals surface area contributed by atoms with Gasteiger partial charge in [0, 0.05) is 0 Å². The molecular formula is C4H7Cl2O2Sb. The van der Waals surface area contributed by atoms with E-state index in [1.54, 1.807) is 6.92 Å². The summed E-state index contributed by atoms with van der Waals surface area (Å²) in [6.07, 6.45) is 0. The first-order chi connectivity index (χ1) is 4.16. The van der Waals surface area contributed by atoms with Gasteiger partial charge in [-0.3, -0.25) is 0 Å². The molecule has 0 atom stereocenters. The van der Waals surface area contributed by atoms with Crippen LogP contribution in [0, 0.1) is 0 Å². The zero-order valence-electron chi connectivity index (χ0n) is 4.93. The molecule has 0 heterocycles. The first-order valence-corrected chi connectivity index (χ1v) is 10.7. The summed E-state index contributed by atoms with van der Waals surface area (Å²) in [5.41, 5.74) is 0. The van der Waals surface area contributed by atoms with Gasteiger partial charge in [-0.15, -0.1) is 0 Å². The molecule has 2 nitrogen and oxygen atoms in total. The van der Waals surface area contributed by atoms with E-state index in [0.29, 0.717) is 6.61 Å². The van der Waals surface area contributed by atoms with Crippen molar-refractivity contribution in [3.05, 3.63) is 0 Å². The number of rotatable bonds is 3. The van der Waals surface area contributed by atoms with Gasteiger partial charge in [-0.2, -0.15) is 0 Å². The van der Waals surface area contributed by atoms with Crippen molar-refractivity contribution in [3.8, 4) is 0 Å². The van der Waals surface area contributed by atoms with E-state index in [1.807, 2.05) is 0 Å². The molecular weight excluding hydrogens is 273 g/mol. The number of ether oxygens (including phenoxy) is 1. The second-order valence-corrected chi connectivity index (χ2v) is 10.5. The van der Waals surface area contributed by atoms with E-state index in [9.17, 15) is 4.79 Å². The van der Waals surface area contributed by atoms with Crippen LogP contribution in [0.2, 0.25) is 4.37 Å². The van der Waals surface area contributed by atoms with Gasteiger partial charge in [-0.1, -0.05) is 0 Å². The molecule has 54 valence electrons. The molecule has 0 unspecified atom stereocenters. The molecule has 0 aliphatic rings. The Hall–Kier alpha value is 0.868. The molecule has 0 aromatic carbocycles. The Kier molecular flexibility index (Phi) is 6.18. The fraction of sp³-hybridized carbons (Fsp3) is 0.750. The Morgan fingerprint density at radius 2 is 2.22 bits per heavy atom. The van der Waals surface area contributed by atoms with Crippen LogP contribution in [0.3, 0.4) is 0 Å². The third-order valence-corrected chi connectivity index (χ3v) is 3.58. The van der Waals surface area contributed by atoms with Crippen molar-refractivity contribution in [2.24, 2.45) is 0 Å². The average molecular weight is 280 g/mol. The molecule has 0 radical (unpaired) electrons. The Labute approximate surface area is 68.8 Å². The minimum absolute atomic E-state index is 0.250. The number of esters is 1. The molecule has 0 fully saturated rings. The first-order valence-electron chi connectivity index (χ1n) is 2.41. The molecule has 0 aromatic rings. The standard InChI is InChI=1S/C4H7O2.2ClH.Sb/c1-3-6-4(2)5;;;/h2-3H2,1H3;2*1H;/q;;;+2/p-2. The van der Waals surface area contributed by atoms with Crippen molar-refractivity contribution in [1.82, 2.24) is 0 Å². The zero-order valence-corrected chi connectivity index (χ0v) is 9.00. The summed E-state index contributed by atoms with van der Waals surface area (Å²) in [5.74, 6) is -0.273. The zero-order chi connectivity index (χ0) is 7.28. The van der Waals surface area contributed by atoms with Crippen molar-refractivity contribution in [1.29, 1.82) is 0 Å². The van der Waals surface area contributed by atoms with Gasteiger partial charge < -0.3 is 0 Å². The van der Waals surface area contributed by atoms with Crippen LogP contribution in [0.4, 0.5) is 0 Å². The number of hydrogen-bond acceptors (Lipinski definition) is 2. The molecule has 0 saturated heterocycles. The van der Waals surface area contributed by atoms with Gasteiger partial charge in [-0.25, -0.2) is 0 Å². The number of carbonyl (C=O) groups is 1. The maximum absolute atomic E-state index is 10.5. The quantitative estimate of drug-likeness (QED) is 0.578. The van der Waals surface area contributed by atoms with Crippen LogP contribution in [0.25, 0.3) is 0 Å². The van der Waals surface area contributed by atoms with Crippen molar-refractivity contribution in [3.63, 3.8) is 0 Å². The van der Waals surface area contributed by atoms with Crippen LogP contribution in [0.5, 0.6) is 0 Å². The predicted octanol–water partition coefficient (Wildman–Crippen LogP) is 1.52. The summed E-state index contributed by atoms with van der Waals surface area (Å²) < 4.78 is 4.84. The van der Waals surface area contributed by atoms with Crippen LogP contribution in [-0.4, -0.2) is 30.5 Å². The monoisotopic (exact) mass is 278 g/mol. The average Bonchev–Trinajstić information content (AvgIpc) is 1.63. The van der Waals surface area contributed by atoms with Crippen molar-refractivity contribution in [2.75, 3.05) is 6.61 Å². The van der Waals surface area contributed by atoms with Gasteiger partial charge in [0.2, 0.25) is 0 Å². The number of halogens is 2. The normalized spacial score (nSPS) is 9.78. The molecule has 9 heavy (non-hydrogen) atoms. The predicted molar refractivity (Wildman–Crippen MR) is 38.9 cm³/mol. The van der Waals surface area contributed by atoms with Crippen LogP contribution in [0.15, 0.2) is 0 Å². The summed E-state index contributed by atoms with van der Waals surface area (Å²) in [5, 5.41) is 0. The summed E-state index contributed by atoms with van der Waals surface area (Å²) in [6, 6.07) is 0. The molecule has 0 aliphatic heterocycles. The Balaban J connectivity index is 3.27. The van der Waals surface area contributed by atoms with E-state index in [1.165, 1.54) is 0 Å². The van der Waals surface area contributed by atoms with Gasteiger partial charge in [0.25, 0.3) is 0 Å². The van der Waals surface area contributed by atoms with Crippen molar-refractivity contribution >= 4 is 41.6 Å². The molecule has 0 saturated carbocycles. The molecule has 0 aromatic heterocycles. The number of hydrogen-bond donors (Lipinski definition) is 0. The van der Waals surface area contributed by atoms with E-state index in [4.69, 9.17) is 17.7 Å². The minimum atomic E-state index is -2.16. The third kappa shape index (κ3) is 6.76. The molecule has 0 amide bonds. The van der Waals surface area contributed by atoms with Gasteiger partial charge in [0.1, 0.15) is 0 Å². The topological polar surface area (TPSA) is 26.3 Å². The van der Waals surface area contributed by atoms with E-state index >= 15 is 0 Å². The second kappa shape index (κ2) is 5.64. The van der Waals surface area contributed by atoms with Crippen LogP contribution in [-0.2, 0) is 9.53 Å². The molecule has 0 bridgehead atoms. The van der Waals surface area contributed by atoms with Crippen LogP contribution >= 0.6 is 17.7 Å². The number of carbonyl (C=O) groups excluding carboxylic acids is 1. The van der Waals surface area contributed by atoms with Gasteiger partial charge in [-0.05, 0) is 0 Å². The van der Waals surface area contributed by atoms with E-state index in [2.05, 4.69) is 4.74 Å². The summed E-state index contributed by atoms with van der Waals surface area (Å²) >= 11 is -2.16. The Morgan fingerprint density at radius 1 is 1.67 bits per heavy atom. The van der Waals surface area contributed by atoms with Crippen LogP contribution < -0.4 is 0 Å². The first kappa shape index (κ1) is 9.87. The summed E-state index contributed by atoms with van der Waals surface area (Å²) in [6.45, 7) is 2.16. The third-order valence-electron chi connectivity index (χ3n) is 0.554. The molecule has 0 spiro atoms. The summed E-state index contributed by atoms with van der Waals surface area (Å²) in [7, 11) is 10.9. The molecule has 0 N–H and O–H groups in total. The van der Waals surface area contributed by atoms with Gasteiger partial charge in [0.05, 0.1) is 0 Å².